The monoisotopic (exact) mass is 252 g/mol. The van der Waals surface area contributed by atoms with Gasteiger partial charge in [0.15, 0.2) is 0 Å². The maximum atomic E-state index is 13.8. The first-order valence-electron chi connectivity index (χ1n) is 6.70. The normalized spacial score (nSPS) is 31.9. The van der Waals surface area contributed by atoms with Crippen LogP contribution < -0.4 is 0 Å². The van der Waals surface area contributed by atoms with E-state index in [0.717, 1.165) is 18.9 Å². The summed E-state index contributed by atoms with van der Waals surface area (Å²) in [4.78, 5) is 0. The third-order valence-electron chi connectivity index (χ3n) is 4.79. The molecule has 18 heavy (non-hydrogen) atoms. The van der Waals surface area contributed by atoms with Gasteiger partial charge in [-0.05, 0) is 55.6 Å². The van der Waals surface area contributed by atoms with Gasteiger partial charge in [0.2, 0.25) is 0 Å². The van der Waals surface area contributed by atoms with Crippen molar-refractivity contribution in [2.24, 2.45) is 17.8 Å². The molecule has 0 amide bonds. The minimum atomic E-state index is -0.778. The lowest BCUT2D eigenvalue weighted by atomic mass is 9.82. The molecule has 2 saturated carbocycles. The van der Waals surface area contributed by atoms with Gasteiger partial charge in [-0.3, -0.25) is 0 Å². The van der Waals surface area contributed by atoms with E-state index in [-0.39, 0.29) is 11.5 Å². The van der Waals surface area contributed by atoms with Crippen LogP contribution in [0, 0.1) is 36.3 Å². The van der Waals surface area contributed by atoms with Crippen molar-refractivity contribution >= 4 is 0 Å². The number of halogens is 2. The molecule has 2 aliphatic rings. The van der Waals surface area contributed by atoms with Crippen LogP contribution in [0.1, 0.15) is 42.9 Å². The molecule has 0 saturated heterocycles. The van der Waals surface area contributed by atoms with Gasteiger partial charge in [-0.2, -0.15) is 0 Å². The first-order chi connectivity index (χ1) is 8.56. The smallest absolute Gasteiger partial charge is 0.131 e. The molecule has 2 bridgehead atoms. The van der Waals surface area contributed by atoms with Crippen LogP contribution in [-0.2, 0) is 0 Å². The van der Waals surface area contributed by atoms with Crippen LogP contribution in [0.25, 0.3) is 0 Å². The summed E-state index contributed by atoms with van der Waals surface area (Å²) in [5.74, 6) is 0.224. The number of hydrogen-bond acceptors (Lipinski definition) is 1. The molecule has 0 radical (unpaired) electrons. The molecule has 0 aliphatic heterocycles. The fourth-order valence-corrected chi connectivity index (χ4v) is 3.82. The number of hydrogen-bond donors (Lipinski definition) is 1. The average Bonchev–Trinajstić information content (AvgIpc) is 2.95. The van der Waals surface area contributed by atoms with Gasteiger partial charge < -0.3 is 5.11 Å². The Morgan fingerprint density at radius 2 is 1.94 bits per heavy atom. The van der Waals surface area contributed by atoms with Crippen molar-refractivity contribution in [2.75, 3.05) is 0 Å². The van der Waals surface area contributed by atoms with Crippen LogP contribution in [0.3, 0.4) is 0 Å². The van der Waals surface area contributed by atoms with Crippen molar-refractivity contribution in [3.05, 3.63) is 34.9 Å². The lowest BCUT2D eigenvalue weighted by molar-refractivity contribution is 0.0713. The summed E-state index contributed by atoms with van der Waals surface area (Å²) in [6.45, 7) is 1.60. The highest BCUT2D eigenvalue weighted by molar-refractivity contribution is 5.28. The van der Waals surface area contributed by atoms with Crippen molar-refractivity contribution in [1.82, 2.24) is 0 Å². The molecule has 2 fully saturated rings. The molecule has 1 nitrogen and oxygen atoms in total. The third-order valence-corrected chi connectivity index (χ3v) is 4.79. The first kappa shape index (κ1) is 12.1. The van der Waals surface area contributed by atoms with Crippen LogP contribution in [-0.4, -0.2) is 5.11 Å². The second-order valence-corrected chi connectivity index (χ2v) is 5.91. The quantitative estimate of drug-likeness (QED) is 0.850. The maximum absolute atomic E-state index is 13.8. The fraction of sp³-hybridized carbons (Fsp3) is 0.600. The van der Waals surface area contributed by atoms with Crippen LogP contribution >= 0.6 is 0 Å². The molecule has 3 rings (SSSR count). The topological polar surface area (TPSA) is 20.2 Å². The number of aliphatic hydroxyl groups is 1. The van der Waals surface area contributed by atoms with Gasteiger partial charge in [-0.15, -0.1) is 0 Å². The third kappa shape index (κ3) is 1.85. The molecule has 2 aliphatic carbocycles. The van der Waals surface area contributed by atoms with Crippen molar-refractivity contribution in [2.45, 2.75) is 38.7 Å². The largest absolute Gasteiger partial charge is 0.388 e. The fourth-order valence-electron chi connectivity index (χ4n) is 3.82. The highest BCUT2D eigenvalue weighted by Gasteiger charge is 2.43. The maximum Gasteiger partial charge on any atom is 0.131 e. The van der Waals surface area contributed by atoms with E-state index in [1.807, 2.05) is 0 Å². The average molecular weight is 252 g/mol. The van der Waals surface area contributed by atoms with Gasteiger partial charge in [-0.25, -0.2) is 8.78 Å². The van der Waals surface area contributed by atoms with Gasteiger partial charge in [-0.1, -0.05) is 6.42 Å². The number of benzene rings is 1. The molecule has 3 heteroatoms. The highest BCUT2D eigenvalue weighted by atomic mass is 19.1. The van der Waals surface area contributed by atoms with Gasteiger partial charge in [0.05, 0.1) is 6.10 Å². The summed E-state index contributed by atoms with van der Waals surface area (Å²) in [5.41, 5.74) is 0.667. The van der Waals surface area contributed by atoms with E-state index in [2.05, 4.69) is 0 Å². The van der Waals surface area contributed by atoms with Crippen molar-refractivity contribution < 1.29 is 13.9 Å². The zero-order valence-corrected chi connectivity index (χ0v) is 10.5. The Bertz CT molecular complexity index is 472. The minimum Gasteiger partial charge on any atom is -0.388 e. The summed E-state index contributed by atoms with van der Waals surface area (Å²) in [6.07, 6.45) is 3.78. The van der Waals surface area contributed by atoms with Gasteiger partial charge in [0.25, 0.3) is 0 Å². The zero-order valence-electron chi connectivity index (χ0n) is 10.5. The Balaban J connectivity index is 1.88. The van der Waals surface area contributed by atoms with Crippen molar-refractivity contribution in [3.63, 3.8) is 0 Å². The molecule has 0 spiro atoms. The van der Waals surface area contributed by atoms with Gasteiger partial charge >= 0.3 is 0 Å². The molecule has 0 aromatic heterocycles. The van der Waals surface area contributed by atoms with E-state index >= 15 is 0 Å². The molecule has 0 heterocycles. The molecule has 1 aromatic rings. The molecular weight excluding hydrogens is 234 g/mol. The van der Waals surface area contributed by atoms with Gasteiger partial charge in [0, 0.05) is 11.6 Å². The van der Waals surface area contributed by atoms with Crippen molar-refractivity contribution in [1.29, 1.82) is 0 Å². The number of rotatable bonds is 2. The van der Waals surface area contributed by atoms with Gasteiger partial charge in [0.1, 0.15) is 11.6 Å². The second-order valence-electron chi connectivity index (χ2n) is 5.91. The molecular formula is C15H18F2O. The van der Waals surface area contributed by atoms with Crippen LogP contribution in [0.15, 0.2) is 12.1 Å². The summed E-state index contributed by atoms with van der Waals surface area (Å²) >= 11 is 0. The molecule has 4 atom stereocenters. The van der Waals surface area contributed by atoms with Crippen LogP contribution in [0.2, 0.25) is 0 Å². The minimum absolute atomic E-state index is 0.156. The molecule has 1 aromatic carbocycles. The van der Waals surface area contributed by atoms with E-state index in [1.54, 1.807) is 6.92 Å². The molecule has 1 N–H and O–H groups in total. The van der Waals surface area contributed by atoms with Crippen LogP contribution in [0.5, 0.6) is 0 Å². The Morgan fingerprint density at radius 3 is 2.56 bits per heavy atom. The summed E-state index contributed by atoms with van der Waals surface area (Å²) in [7, 11) is 0. The predicted octanol–water partition coefficient (Wildman–Crippen LogP) is 3.74. The Hall–Kier alpha value is -0.960. The predicted molar refractivity (Wildman–Crippen MR) is 65.0 cm³/mol. The SMILES string of the molecule is Cc1cc(C(O)C2CC3CCC2C3)c(F)cc1F. The Morgan fingerprint density at radius 1 is 1.17 bits per heavy atom. The number of fused-ring (bicyclic) bond motifs is 2. The summed E-state index contributed by atoms with van der Waals surface area (Å²) in [5, 5.41) is 10.4. The van der Waals surface area contributed by atoms with E-state index in [1.165, 1.54) is 18.9 Å². The standard InChI is InChI=1S/C15H18F2O/c1-8-4-12(14(17)7-13(8)16)15(18)11-6-9-2-3-10(11)5-9/h4,7,9-11,15,18H,2-3,5-6H2,1H3. The lowest BCUT2D eigenvalue weighted by Gasteiger charge is -2.27. The first-order valence-corrected chi connectivity index (χ1v) is 6.70. The van der Waals surface area contributed by atoms with E-state index < -0.39 is 17.7 Å². The molecule has 98 valence electrons. The van der Waals surface area contributed by atoms with E-state index in [0.29, 0.717) is 17.4 Å². The zero-order chi connectivity index (χ0) is 12.9. The van der Waals surface area contributed by atoms with E-state index in [4.69, 9.17) is 0 Å². The van der Waals surface area contributed by atoms with E-state index in [9.17, 15) is 13.9 Å². The summed E-state index contributed by atoms with van der Waals surface area (Å²) in [6, 6.07) is 2.35. The highest BCUT2D eigenvalue weighted by Crippen LogP contribution is 2.52. The lowest BCUT2D eigenvalue weighted by Crippen LogP contribution is -2.20. The molecule has 4 unspecified atom stereocenters. The Kier molecular flexibility index (Phi) is 2.89. The Labute approximate surface area is 106 Å². The number of aryl methyl sites for hydroxylation is 1. The van der Waals surface area contributed by atoms with Crippen molar-refractivity contribution in [3.8, 4) is 0 Å². The number of aliphatic hydroxyl groups excluding tert-OH is 1. The summed E-state index contributed by atoms with van der Waals surface area (Å²) < 4.78 is 27.0. The van der Waals surface area contributed by atoms with Crippen LogP contribution in [0.4, 0.5) is 8.78 Å². The second kappa shape index (κ2) is 4.30.